The van der Waals surface area contributed by atoms with Crippen molar-refractivity contribution in [1.29, 1.82) is 0 Å². The smallest absolute Gasteiger partial charge is 0.253 e. The van der Waals surface area contributed by atoms with Crippen LogP contribution in [0.15, 0.2) is 73.1 Å². The average Bonchev–Trinajstić information content (AvgIpc) is 3.41. The van der Waals surface area contributed by atoms with Crippen molar-refractivity contribution in [1.82, 2.24) is 4.57 Å². The number of imidazole rings is 1. The van der Waals surface area contributed by atoms with Crippen molar-refractivity contribution >= 4 is 5.91 Å². The summed E-state index contributed by atoms with van der Waals surface area (Å²) < 4.78 is 4.78. The van der Waals surface area contributed by atoms with E-state index in [0.29, 0.717) is 12.0 Å². The molecule has 4 nitrogen and oxygen atoms in total. The fraction of sp³-hybridized carbons (Fsp3) is 0.429. The lowest BCUT2D eigenvalue weighted by Gasteiger charge is -2.37. The fourth-order valence-corrected chi connectivity index (χ4v) is 5.67. The number of halogens is 1. The topological polar surface area (TPSA) is 51.9 Å². The lowest BCUT2D eigenvalue weighted by molar-refractivity contribution is -0.703. The van der Waals surface area contributed by atoms with Crippen LogP contribution in [0.25, 0.3) is 0 Å². The number of aryl methyl sites for hydroxylation is 1. The molecule has 0 unspecified atom stereocenters. The van der Waals surface area contributed by atoms with Crippen LogP contribution in [0, 0.1) is 18.8 Å². The molecule has 3 aromatic rings. The third-order valence-corrected chi connectivity index (χ3v) is 7.40. The Morgan fingerprint density at radius 1 is 1.06 bits per heavy atom. The number of benzene rings is 2. The monoisotopic (exact) mass is 509 g/mol. The molecule has 1 aliphatic carbocycles. The minimum absolute atomic E-state index is 0. The SMILES string of the molecule is Cc1n([C@H]2CC[C@H](C(C(N)=O)(c3ccccc3)c3ccccc3)C2)cc[n+]1CCC(C)C.[Br-]. The maximum absolute atomic E-state index is 13.3. The minimum atomic E-state index is -0.814. The zero-order chi connectivity index (χ0) is 22.7. The van der Waals surface area contributed by atoms with Gasteiger partial charge in [-0.1, -0.05) is 74.5 Å². The largest absolute Gasteiger partial charge is 1.00 e. The molecular formula is C28H36BrN3O. The van der Waals surface area contributed by atoms with Crippen molar-refractivity contribution in [2.75, 3.05) is 0 Å². The van der Waals surface area contributed by atoms with Crippen LogP contribution in [0.3, 0.4) is 0 Å². The average molecular weight is 511 g/mol. The first-order valence-corrected chi connectivity index (χ1v) is 11.9. The van der Waals surface area contributed by atoms with Crippen LogP contribution >= 0.6 is 0 Å². The summed E-state index contributed by atoms with van der Waals surface area (Å²) in [6.45, 7) is 7.80. The Labute approximate surface area is 208 Å². The molecule has 2 N–H and O–H groups in total. The van der Waals surface area contributed by atoms with Gasteiger partial charge in [0.2, 0.25) is 5.91 Å². The van der Waals surface area contributed by atoms with Crippen LogP contribution in [0.4, 0.5) is 0 Å². The molecule has 1 aromatic heterocycles. The molecule has 1 amide bonds. The van der Waals surface area contributed by atoms with Crippen LogP contribution in [0.1, 0.15) is 62.5 Å². The van der Waals surface area contributed by atoms with Crippen molar-refractivity contribution in [2.45, 2.75) is 64.5 Å². The van der Waals surface area contributed by atoms with E-state index in [1.165, 1.54) is 12.2 Å². The summed E-state index contributed by atoms with van der Waals surface area (Å²) in [7, 11) is 0. The maximum atomic E-state index is 13.3. The van der Waals surface area contributed by atoms with E-state index in [1.54, 1.807) is 0 Å². The zero-order valence-electron chi connectivity index (χ0n) is 20.0. The number of primary amides is 1. The molecule has 2 atom stereocenters. The number of aromatic nitrogens is 2. The molecule has 1 aliphatic rings. The van der Waals surface area contributed by atoms with Gasteiger partial charge < -0.3 is 22.7 Å². The first kappa shape index (κ1) is 25.2. The van der Waals surface area contributed by atoms with E-state index in [9.17, 15) is 4.79 Å². The predicted octanol–water partition coefficient (Wildman–Crippen LogP) is 1.95. The van der Waals surface area contributed by atoms with E-state index >= 15 is 0 Å². The highest BCUT2D eigenvalue weighted by molar-refractivity contribution is 5.91. The number of carbonyl (C=O) groups excluding carboxylic acids is 1. The van der Waals surface area contributed by atoms with Gasteiger partial charge in [0, 0.05) is 6.92 Å². The molecule has 176 valence electrons. The summed E-state index contributed by atoms with van der Waals surface area (Å²) in [5.41, 5.74) is 7.44. The number of amides is 1. The fourth-order valence-electron chi connectivity index (χ4n) is 5.67. The molecule has 0 aliphatic heterocycles. The summed E-state index contributed by atoms with van der Waals surface area (Å²) in [6.07, 6.45) is 8.57. The number of hydrogen-bond acceptors (Lipinski definition) is 1. The third-order valence-electron chi connectivity index (χ3n) is 7.40. The van der Waals surface area contributed by atoms with Crippen LogP contribution in [-0.2, 0) is 16.8 Å². The molecule has 0 bridgehead atoms. The molecule has 4 rings (SSSR count). The highest BCUT2D eigenvalue weighted by Crippen LogP contribution is 2.49. The molecule has 1 fully saturated rings. The van der Waals surface area contributed by atoms with Gasteiger partial charge in [0.1, 0.15) is 23.9 Å². The first-order valence-electron chi connectivity index (χ1n) is 11.9. The molecule has 1 heterocycles. The Hall–Kier alpha value is -2.40. The minimum Gasteiger partial charge on any atom is -1.00 e. The molecule has 0 radical (unpaired) electrons. The Bertz CT molecular complexity index is 1010. The van der Waals surface area contributed by atoms with E-state index in [4.69, 9.17) is 5.73 Å². The van der Waals surface area contributed by atoms with Gasteiger partial charge in [-0.2, -0.15) is 0 Å². The lowest BCUT2D eigenvalue weighted by Crippen LogP contribution is -3.00. The van der Waals surface area contributed by atoms with E-state index in [1.807, 2.05) is 36.4 Å². The summed E-state index contributed by atoms with van der Waals surface area (Å²) in [6, 6.07) is 20.7. The Morgan fingerprint density at radius 3 is 2.15 bits per heavy atom. The Morgan fingerprint density at radius 2 is 1.64 bits per heavy atom. The second-order valence-corrected chi connectivity index (χ2v) is 9.70. The van der Waals surface area contributed by atoms with Crippen LogP contribution in [-0.4, -0.2) is 10.5 Å². The third kappa shape index (κ3) is 4.79. The summed E-state index contributed by atoms with van der Waals surface area (Å²) in [5.74, 6) is 1.88. The molecule has 0 spiro atoms. The number of rotatable bonds is 8. The Balaban J connectivity index is 0.00000306. The highest BCUT2D eigenvalue weighted by Gasteiger charge is 2.51. The second-order valence-electron chi connectivity index (χ2n) is 9.70. The standard InChI is InChI=1S/C28H35N3O.BrH/c1-21(2)16-17-30-18-19-31(22(30)3)26-15-14-25(20-26)28(27(29)32,23-10-6-4-7-11-23)24-12-8-5-9-13-24;/h4-13,18-19,21,25-26H,14-17,20H2,1-3H3,(H-,29,32);1H/t25-,26-;/m0./s1. The first-order chi connectivity index (χ1) is 15.4. The van der Waals surface area contributed by atoms with Gasteiger partial charge in [-0.25, -0.2) is 9.13 Å². The van der Waals surface area contributed by atoms with Gasteiger partial charge in [0.15, 0.2) is 0 Å². The van der Waals surface area contributed by atoms with Gasteiger partial charge in [-0.15, -0.1) is 0 Å². The van der Waals surface area contributed by atoms with Crippen LogP contribution in [0.5, 0.6) is 0 Å². The van der Waals surface area contributed by atoms with Crippen molar-refractivity contribution in [3.8, 4) is 0 Å². The second kappa shape index (κ2) is 10.7. The van der Waals surface area contributed by atoms with Crippen molar-refractivity contribution in [3.63, 3.8) is 0 Å². The van der Waals surface area contributed by atoms with E-state index in [2.05, 4.69) is 66.6 Å². The van der Waals surface area contributed by atoms with Crippen molar-refractivity contribution in [2.24, 2.45) is 17.6 Å². The predicted molar refractivity (Wildman–Crippen MR) is 128 cm³/mol. The summed E-state index contributed by atoms with van der Waals surface area (Å²) >= 11 is 0. The molecule has 5 heteroatoms. The number of nitrogens with zero attached hydrogens (tertiary/aromatic N) is 2. The van der Waals surface area contributed by atoms with Gasteiger partial charge in [-0.3, -0.25) is 4.79 Å². The van der Waals surface area contributed by atoms with Crippen molar-refractivity contribution < 1.29 is 26.3 Å². The maximum Gasteiger partial charge on any atom is 0.253 e. The van der Waals surface area contributed by atoms with E-state index < -0.39 is 5.41 Å². The Kier molecular flexibility index (Phi) is 8.17. The number of hydrogen-bond donors (Lipinski definition) is 1. The molecule has 33 heavy (non-hydrogen) atoms. The van der Waals surface area contributed by atoms with Crippen LogP contribution in [0.2, 0.25) is 0 Å². The molecule has 0 saturated heterocycles. The van der Waals surface area contributed by atoms with Crippen LogP contribution < -0.4 is 27.3 Å². The molecule has 1 saturated carbocycles. The summed E-state index contributed by atoms with van der Waals surface area (Å²) in [4.78, 5) is 13.3. The van der Waals surface area contributed by atoms with E-state index in [-0.39, 0.29) is 28.8 Å². The van der Waals surface area contributed by atoms with Gasteiger partial charge >= 0.3 is 0 Å². The number of nitrogens with two attached hydrogens (primary N) is 1. The van der Waals surface area contributed by atoms with Gasteiger partial charge in [0.25, 0.3) is 5.82 Å². The van der Waals surface area contributed by atoms with Gasteiger partial charge in [-0.05, 0) is 48.6 Å². The highest BCUT2D eigenvalue weighted by atomic mass is 79.9. The van der Waals surface area contributed by atoms with Gasteiger partial charge in [0.05, 0.1) is 6.54 Å². The summed E-state index contributed by atoms with van der Waals surface area (Å²) in [5, 5.41) is 0. The quantitative estimate of drug-likeness (QED) is 0.463. The van der Waals surface area contributed by atoms with Crippen molar-refractivity contribution in [3.05, 3.63) is 90.0 Å². The van der Waals surface area contributed by atoms with E-state index in [0.717, 1.165) is 36.9 Å². The molecule has 2 aromatic carbocycles. The molecular weight excluding hydrogens is 474 g/mol. The number of carbonyl (C=O) groups is 1. The normalized spacial score (nSPS) is 18.3. The lowest BCUT2D eigenvalue weighted by atomic mass is 9.64. The zero-order valence-corrected chi connectivity index (χ0v) is 21.5.